The Labute approximate surface area is 108 Å². The van der Waals surface area contributed by atoms with E-state index in [0.717, 1.165) is 17.0 Å². The van der Waals surface area contributed by atoms with Crippen molar-refractivity contribution < 1.29 is 9.53 Å². The van der Waals surface area contributed by atoms with Crippen LogP contribution in [-0.4, -0.2) is 13.0 Å². The Hall–Kier alpha value is -2.02. The molecular weight excluding hydrogens is 228 g/mol. The summed E-state index contributed by atoms with van der Waals surface area (Å²) in [6, 6.07) is 7.50. The number of carbonyl (C=O) groups excluding carboxylic acids is 1. The molecule has 0 spiro atoms. The monoisotopic (exact) mass is 246 g/mol. The molecule has 96 valence electrons. The molecule has 0 aliphatic rings. The first-order valence-electron chi connectivity index (χ1n) is 5.93. The van der Waals surface area contributed by atoms with E-state index in [1.807, 2.05) is 18.2 Å². The molecule has 0 heterocycles. The third kappa shape index (κ3) is 3.77. The van der Waals surface area contributed by atoms with E-state index in [2.05, 4.69) is 19.2 Å². The van der Waals surface area contributed by atoms with E-state index in [1.165, 1.54) is 0 Å². The summed E-state index contributed by atoms with van der Waals surface area (Å²) in [5, 5.41) is 11.2. The zero-order valence-electron chi connectivity index (χ0n) is 11.0. The first kappa shape index (κ1) is 14.0. The van der Waals surface area contributed by atoms with Gasteiger partial charge in [0.05, 0.1) is 13.2 Å². The fourth-order valence-electron chi connectivity index (χ4n) is 1.66. The molecule has 0 radical (unpaired) electrons. The summed E-state index contributed by atoms with van der Waals surface area (Å²) in [6.07, 6.45) is 0.457. The van der Waals surface area contributed by atoms with Gasteiger partial charge < -0.3 is 10.1 Å². The molecule has 1 rings (SSSR count). The lowest BCUT2D eigenvalue weighted by Crippen LogP contribution is -2.11. The Balaban J connectivity index is 2.82. The topological polar surface area (TPSA) is 62.1 Å². The lowest BCUT2D eigenvalue weighted by Gasteiger charge is -2.14. The Morgan fingerprint density at radius 2 is 2.22 bits per heavy atom. The van der Waals surface area contributed by atoms with E-state index in [1.54, 1.807) is 13.2 Å². The summed E-state index contributed by atoms with van der Waals surface area (Å²) in [4.78, 5) is 11.5. The van der Waals surface area contributed by atoms with Crippen molar-refractivity contribution in [3.05, 3.63) is 23.8 Å². The highest BCUT2D eigenvalue weighted by molar-refractivity contribution is 5.91. The molecule has 0 aliphatic heterocycles. The van der Waals surface area contributed by atoms with Gasteiger partial charge in [-0.2, -0.15) is 5.26 Å². The number of anilines is 1. The van der Waals surface area contributed by atoms with Gasteiger partial charge in [-0.25, -0.2) is 0 Å². The van der Waals surface area contributed by atoms with Crippen LogP contribution in [0, 0.1) is 11.3 Å². The predicted octanol–water partition coefficient (Wildman–Crippen LogP) is 3.06. The van der Waals surface area contributed by atoms with Crippen LogP contribution in [0.4, 0.5) is 5.69 Å². The van der Waals surface area contributed by atoms with E-state index < -0.39 is 0 Å². The van der Waals surface area contributed by atoms with Gasteiger partial charge in [0, 0.05) is 18.5 Å². The molecule has 18 heavy (non-hydrogen) atoms. The van der Waals surface area contributed by atoms with Crippen molar-refractivity contribution in [1.82, 2.24) is 0 Å². The van der Waals surface area contributed by atoms with Crippen molar-refractivity contribution in [3.63, 3.8) is 0 Å². The van der Waals surface area contributed by atoms with Gasteiger partial charge in [0.15, 0.2) is 0 Å². The van der Waals surface area contributed by atoms with Crippen molar-refractivity contribution in [2.45, 2.75) is 32.6 Å². The molecule has 1 aromatic carbocycles. The number of amides is 1. The van der Waals surface area contributed by atoms with Crippen LogP contribution in [0.15, 0.2) is 18.2 Å². The van der Waals surface area contributed by atoms with Gasteiger partial charge in [-0.1, -0.05) is 13.8 Å². The number of carbonyl (C=O) groups is 1. The van der Waals surface area contributed by atoms with Crippen LogP contribution in [0.5, 0.6) is 5.75 Å². The third-order valence-electron chi connectivity index (χ3n) is 2.60. The number of nitrogens with one attached hydrogen (secondary N) is 1. The summed E-state index contributed by atoms with van der Waals surface area (Å²) < 4.78 is 5.28. The second kappa shape index (κ2) is 6.65. The van der Waals surface area contributed by atoms with Gasteiger partial charge in [0.25, 0.3) is 0 Å². The van der Waals surface area contributed by atoms with Crippen LogP contribution in [0.3, 0.4) is 0 Å². The van der Waals surface area contributed by atoms with Crippen LogP contribution < -0.4 is 10.1 Å². The molecule has 0 unspecified atom stereocenters. The zero-order chi connectivity index (χ0) is 13.5. The van der Waals surface area contributed by atoms with Crippen molar-refractivity contribution in [1.29, 1.82) is 5.26 Å². The Bertz CT molecular complexity index is 461. The third-order valence-corrected chi connectivity index (χ3v) is 2.60. The van der Waals surface area contributed by atoms with E-state index in [-0.39, 0.29) is 18.7 Å². The Kier molecular flexibility index (Phi) is 5.19. The summed E-state index contributed by atoms with van der Waals surface area (Å²) in [5.41, 5.74) is 1.79. The number of ether oxygens (including phenoxy) is 1. The number of methoxy groups -OCH3 is 1. The summed E-state index contributed by atoms with van der Waals surface area (Å²) in [7, 11) is 1.63. The van der Waals surface area contributed by atoms with Crippen molar-refractivity contribution in [2.75, 3.05) is 12.4 Å². The fraction of sp³-hybridized carbons (Fsp3) is 0.429. The highest BCUT2D eigenvalue weighted by atomic mass is 16.5. The van der Waals surface area contributed by atoms with Crippen LogP contribution >= 0.6 is 0 Å². The van der Waals surface area contributed by atoms with Crippen LogP contribution in [-0.2, 0) is 4.79 Å². The summed E-state index contributed by atoms with van der Waals surface area (Å²) >= 11 is 0. The fourth-order valence-corrected chi connectivity index (χ4v) is 1.66. The first-order chi connectivity index (χ1) is 8.58. The van der Waals surface area contributed by atoms with Gasteiger partial charge in [-0.05, 0) is 29.7 Å². The Morgan fingerprint density at radius 3 is 2.78 bits per heavy atom. The number of nitrogens with zero attached hydrogens (tertiary/aromatic N) is 1. The SMILES string of the molecule is COc1ccc(NC(=O)CCC#N)cc1C(C)C. The maximum absolute atomic E-state index is 11.5. The highest BCUT2D eigenvalue weighted by Gasteiger charge is 2.09. The largest absolute Gasteiger partial charge is 0.496 e. The zero-order valence-corrected chi connectivity index (χ0v) is 11.0. The van der Waals surface area contributed by atoms with Gasteiger partial charge in [0.2, 0.25) is 5.91 Å². The van der Waals surface area contributed by atoms with Gasteiger partial charge >= 0.3 is 0 Å². The lowest BCUT2D eigenvalue weighted by atomic mass is 10.0. The smallest absolute Gasteiger partial charge is 0.225 e. The molecule has 4 nitrogen and oxygen atoms in total. The van der Waals surface area contributed by atoms with Crippen LogP contribution in [0.25, 0.3) is 0 Å². The lowest BCUT2D eigenvalue weighted by molar-refractivity contribution is -0.116. The van der Waals surface area contributed by atoms with E-state index in [4.69, 9.17) is 10.00 Å². The number of nitriles is 1. The second-order valence-corrected chi connectivity index (χ2v) is 4.32. The normalized spacial score (nSPS) is 9.94. The second-order valence-electron chi connectivity index (χ2n) is 4.32. The van der Waals surface area contributed by atoms with E-state index in [9.17, 15) is 4.79 Å². The molecule has 1 aromatic rings. The molecule has 1 amide bonds. The average Bonchev–Trinajstić information content (AvgIpc) is 2.36. The van der Waals surface area contributed by atoms with Gasteiger partial charge in [-0.3, -0.25) is 4.79 Å². The standard InChI is InChI=1S/C14H18N2O2/c1-10(2)12-9-11(6-7-13(12)18-3)16-14(17)5-4-8-15/h6-7,9-10H,4-5H2,1-3H3,(H,16,17). The molecular formula is C14H18N2O2. The highest BCUT2D eigenvalue weighted by Crippen LogP contribution is 2.29. The number of hydrogen-bond donors (Lipinski definition) is 1. The molecule has 4 heteroatoms. The summed E-state index contributed by atoms with van der Waals surface area (Å²) in [6.45, 7) is 4.14. The van der Waals surface area contributed by atoms with Gasteiger partial charge in [0.1, 0.15) is 5.75 Å². The van der Waals surface area contributed by atoms with Crippen molar-refractivity contribution in [3.8, 4) is 11.8 Å². The maximum Gasteiger partial charge on any atom is 0.225 e. The maximum atomic E-state index is 11.5. The molecule has 0 atom stereocenters. The quantitative estimate of drug-likeness (QED) is 0.868. The molecule has 0 saturated heterocycles. The first-order valence-corrected chi connectivity index (χ1v) is 5.93. The van der Waals surface area contributed by atoms with E-state index in [0.29, 0.717) is 5.92 Å². The number of benzene rings is 1. The van der Waals surface area contributed by atoms with Crippen molar-refractivity contribution in [2.24, 2.45) is 0 Å². The van der Waals surface area contributed by atoms with E-state index >= 15 is 0 Å². The van der Waals surface area contributed by atoms with Gasteiger partial charge in [-0.15, -0.1) is 0 Å². The molecule has 0 bridgehead atoms. The van der Waals surface area contributed by atoms with Crippen molar-refractivity contribution >= 4 is 11.6 Å². The Morgan fingerprint density at radius 1 is 1.50 bits per heavy atom. The predicted molar refractivity (Wildman–Crippen MR) is 70.6 cm³/mol. The molecule has 0 aromatic heterocycles. The van der Waals surface area contributed by atoms with Crippen LogP contribution in [0.1, 0.15) is 38.2 Å². The molecule has 1 N–H and O–H groups in total. The average molecular weight is 246 g/mol. The minimum atomic E-state index is -0.142. The molecule has 0 saturated carbocycles. The minimum absolute atomic E-state index is 0.142. The molecule has 0 aliphatic carbocycles. The summed E-state index contributed by atoms with van der Waals surface area (Å²) in [5.74, 6) is 0.993. The molecule has 0 fully saturated rings. The minimum Gasteiger partial charge on any atom is -0.496 e. The number of rotatable bonds is 5. The van der Waals surface area contributed by atoms with Crippen LogP contribution in [0.2, 0.25) is 0 Å². The number of hydrogen-bond acceptors (Lipinski definition) is 3.